The van der Waals surface area contributed by atoms with E-state index in [2.05, 4.69) is 4.98 Å². The first kappa shape index (κ1) is 17.1. The first-order valence-electron chi connectivity index (χ1n) is 7.97. The van der Waals surface area contributed by atoms with Crippen molar-refractivity contribution in [3.63, 3.8) is 0 Å². The van der Waals surface area contributed by atoms with Crippen molar-refractivity contribution < 1.29 is 9.53 Å². The fourth-order valence-corrected chi connectivity index (χ4v) is 3.21. The van der Waals surface area contributed by atoms with Gasteiger partial charge in [0.2, 0.25) is 0 Å². The molecule has 0 N–H and O–H groups in total. The van der Waals surface area contributed by atoms with Crippen molar-refractivity contribution in [1.82, 2.24) is 9.88 Å². The van der Waals surface area contributed by atoms with Crippen molar-refractivity contribution in [1.29, 1.82) is 0 Å². The molecule has 24 heavy (non-hydrogen) atoms. The summed E-state index contributed by atoms with van der Waals surface area (Å²) in [5.74, 6) is 0.405. The quantitative estimate of drug-likeness (QED) is 0.796. The summed E-state index contributed by atoms with van der Waals surface area (Å²) in [4.78, 5) is 18.8. The highest BCUT2D eigenvalue weighted by Gasteiger charge is 2.19. The maximum atomic E-state index is 12.5. The van der Waals surface area contributed by atoms with Crippen LogP contribution in [0.25, 0.3) is 0 Å². The predicted molar refractivity (Wildman–Crippen MR) is 94.8 cm³/mol. The van der Waals surface area contributed by atoms with Crippen molar-refractivity contribution in [3.8, 4) is 5.75 Å². The molecule has 2 heterocycles. The summed E-state index contributed by atoms with van der Waals surface area (Å²) < 4.78 is 5.68. The Bertz CT molecular complexity index is 710. The number of hydrogen-bond donors (Lipinski definition) is 0. The summed E-state index contributed by atoms with van der Waals surface area (Å²) in [5, 5.41) is 0.895. The number of carbonyl (C=O) groups is 1. The lowest BCUT2D eigenvalue weighted by Crippen LogP contribution is -2.36. The van der Waals surface area contributed by atoms with E-state index in [1.54, 1.807) is 24.3 Å². The van der Waals surface area contributed by atoms with Crippen LogP contribution in [0.5, 0.6) is 5.75 Å². The van der Waals surface area contributed by atoms with E-state index in [1.165, 1.54) is 6.42 Å². The summed E-state index contributed by atoms with van der Waals surface area (Å²) in [6.45, 7) is 1.80. The average Bonchev–Trinajstić information content (AvgIpc) is 2.62. The van der Waals surface area contributed by atoms with Crippen LogP contribution < -0.4 is 4.74 Å². The molecule has 1 aromatic heterocycles. The Morgan fingerprint density at radius 1 is 1.04 bits per heavy atom. The Morgan fingerprint density at radius 2 is 1.71 bits per heavy atom. The summed E-state index contributed by atoms with van der Waals surface area (Å²) >= 11 is 12.2. The monoisotopic (exact) mass is 364 g/mol. The van der Waals surface area contributed by atoms with Gasteiger partial charge in [-0.15, -0.1) is 0 Å². The zero-order valence-corrected chi connectivity index (χ0v) is 14.7. The Labute approximate surface area is 151 Å². The van der Waals surface area contributed by atoms with Crippen LogP contribution in [0.1, 0.15) is 35.4 Å². The average molecular weight is 365 g/mol. The number of nitrogens with zero attached hydrogens (tertiary/aromatic N) is 2. The van der Waals surface area contributed by atoms with Gasteiger partial charge in [0, 0.05) is 13.1 Å². The number of rotatable bonds is 4. The molecule has 1 aromatic carbocycles. The molecule has 0 bridgehead atoms. The molecule has 2 aromatic rings. The zero-order chi connectivity index (χ0) is 16.9. The first-order chi connectivity index (χ1) is 11.6. The maximum Gasteiger partial charge on any atom is 0.272 e. The minimum absolute atomic E-state index is 0.0210. The van der Waals surface area contributed by atoms with Crippen LogP contribution in [-0.4, -0.2) is 28.9 Å². The zero-order valence-electron chi connectivity index (χ0n) is 13.2. The first-order valence-corrected chi connectivity index (χ1v) is 8.73. The van der Waals surface area contributed by atoms with E-state index in [0.717, 1.165) is 25.9 Å². The van der Waals surface area contributed by atoms with Gasteiger partial charge in [0.05, 0.1) is 15.7 Å². The third-order valence-electron chi connectivity index (χ3n) is 3.95. The van der Waals surface area contributed by atoms with Crippen LogP contribution in [0.4, 0.5) is 0 Å². The number of benzene rings is 1. The molecule has 0 radical (unpaired) electrons. The number of likely N-dealkylation sites (tertiary alicyclic amines) is 1. The van der Waals surface area contributed by atoms with Gasteiger partial charge >= 0.3 is 0 Å². The number of carbonyl (C=O) groups excluding carboxylic acids is 1. The van der Waals surface area contributed by atoms with Crippen LogP contribution >= 0.6 is 23.2 Å². The third kappa shape index (κ3) is 4.00. The van der Waals surface area contributed by atoms with Crippen molar-refractivity contribution in [2.45, 2.75) is 25.9 Å². The minimum atomic E-state index is -0.0210. The van der Waals surface area contributed by atoms with Gasteiger partial charge in [0.1, 0.15) is 12.3 Å². The fraction of sp³-hybridized carbons (Fsp3) is 0.333. The van der Waals surface area contributed by atoms with Gasteiger partial charge in [-0.05, 0) is 43.5 Å². The second-order valence-electron chi connectivity index (χ2n) is 5.71. The van der Waals surface area contributed by atoms with E-state index in [1.807, 2.05) is 17.0 Å². The van der Waals surface area contributed by atoms with Crippen LogP contribution in [0.3, 0.4) is 0 Å². The summed E-state index contributed by atoms with van der Waals surface area (Å²) in [6.07, 6.45) is 3.29. The largest absolute Gasteiger partial charge is 0.484 e. The smallest absolute Gasteiger partial charge is 0.272 e. The van der Waals surface area contributed by atoms with Gasteiger partial charge in [-0.3, -0.25) is 4.79 Å². The highest BCUT2D eigenvalue weighted by molar-refractivity contribution is 6.37. The molecule has 4 nitrogen and oxygen atoms in total. The maximum absolute atomic E-state index is 12.5. The van der Waals surface area contributed by atoms with Gasteiger partial charge in [0.15, 0.2) is 5.75 Å². The number of halogens is 2. The van der Waals surface area contributed by atoms with E-state index in [4.69, 9.17) is 27.9 Å². The number of amides is 1. The highest BCUT2D eigenvalue weighted by Crippen LogP contribution is 2.32. The van der Waals surface area contributed by atoms with Gasteiger partial charge in [-0.25, -0.2) is 4.98 Å². The molecule has 1 amide bonds. The molecule has 1 fully saturated rings. The SMILES string of the molecule is O=C(c1cccc(COc2c(Cl)cccc2Cl)n1)N1CCCCC1. The molecule has 6 heteroatoms. The normalized spacial score (nSPS) is 14.5. The molecular weight excluding hydrogens is 347 g/mol. The second kappa shape index (κ2) is 7.86. The molecule has 0 atom stereocenters. The molecule has 126 valence electrons. The lowest BCUT2D eigenvalue weighted by atomic mass is 10.1. The van der Waals surface area contributed by atoms with Crippen LogP contribution in [0, 0.1) is 0 Å². The fourth-order valence-electron chi connectivity index (χ4n) is 2.70. The topological polar surface area (TPSA) is 42.4 Å². The molecule has 0 saturated carbocycles. The second-order valence-corrected chi connectivity index (χ2v) is 6.52. The van der Waals surface area contributed by atoms with Crippen LogP contribution in [0.15, 0.2) is 36.4 Å². The molecule has 0 unspecified atom stereocenters. The van der Waals surface area contributed by atoms with E-state index in [0.29, 0.717) is 27.2 Å². The molecular formula is C18H18Cl2N2O2. The highest BCUT2D eigenvalue weighted by atomic mass is 35.5. The predicted octanol–water partition coefficient (Wildman–Crippen LogP) is 4.59. The Balaban J connectivity index is 1.70. The Hall–Kier alpha value is -1.78. The number of piperidine rings is 1. The molecule has 1 saturated heterocycles. The van der Waals surface area contributed by atoms with E-state index < -0.39 is 0 Å². The summed E-state index contributed by atoms with van der Waals surface area (Å²) in [5.41, 5.74) is 1.11. The number of aromatic nitrogens is 1. The molecule has 1 aliphatic rings. The van der Waals surface area contributed by atoms with Gasteiger partial charge in [0.25, 0.3) is 5.91 Å². The van der Waals surface area contributed by atoms with Crippen molar-refractivity contribution in [3.05, 3.63) is 57.8 Å². The van der Waals surface area contributed by atoms with Gasteiger partial charge in [-0.1, -0.05) is 35.3 Å². The summed E-state index contributed by atoms with van der Waals surface area (Å²) in [6, 6.07) is 10.6. The lowest BCUT2D eigenvalue weighted by Gasteiger charge is -2.26. The number of pyridine rings is 1. The van der Waals surface area contributed by atoms with E-state index in [-0.39, 0.29) is 12.5 Å². The number of ether oxygens (including phenoxy) is 1. The van der Waals surface area contributed by atoms with Crippen molar-refractivity contribution >= 4 is 29.1 Å². The third-order valence-corrected chi connectivity index (χ3v) is 4.55. The van der Waals surface area contributed by atoms with E-state index >= 15 is 0 Å². The van der Waals surface area contributed by atoms with E-state index in [9.17, 15) is 4.79 Å². The summed E-state index contributed by atoms with van der Waals surface area (Å²) in [7, 11) is 0. The Kier molecular flexibility index (Phi) is 5.59. The Morgan fingerprint density at radius 3 is 2.42 bits per heavy atom. The van der Waals surface area contributed by atoms with Crippen LogP contribution in [0.2, 0.25) is 10.0 Å². The molecule has 3 rings (SSSR count). The lowest BCUT2D eigenvalue weighted by molar-refractivity contribution is 0.0718. The number of para-hydroxylation sites is 1. The van der Waals surface area contributed by atoms with Crippen molar-refractivity contribution in [2.24, 2.45) is 0 Å². The molecule has 0 spiro atoms. The molecule has 1 aliphatic heterocycles. The van der Waals surface area contributed by atoms with Crippen LogP contribution in [-0.2, 0) is 6.61 Å². The van der Waals surface area contributed by atoms with Gasteiger partial charge in [-0.2, -0.15) is 0 Å². The van der Waals surface area contributed by atoms with Crippen molar-refractivity contribution in [2.75, 3.05) is 13.1 Å². The number of hydrogen-bond acceptors (Lipinski definition) is 3. The minimum Gasteiger partial charge on any atom is -0.484 e. The molecule has 0 aliphatic carbocycles. The standard InChI is InChI=1S/C18H18Cl2N2O2/c19-14-7-5-8-15(20)17(14)24-12-13-6-4-9-16(21-13)18(23)22-10-2-1-3-11-22/h4-9H,1-3,10-12H2. The van der Waals surface area contributed by atoms with Gasteiger partial charge < -0.3 is 9.64 Å².